The van der Waals surface area contributed by atoms with Gasteiger partial charge in [-0.1, -0.05) is 6.07 Å². The van der Waals surface area contributed by atoms with Crippen molar-refractivity contribution in [2.75, 3.05) is 32.7 Å². The maximum atomic E-state index is 13.8. The van der Waals surface area contributed by atoms with Crippen LogP contribution in [-0.4, -0.2) is 48.4 Å². The molecule has 2 rings (SSSR count). The van der Waals surface area contributed by atoms with Crippen molar-refractivity contribution in [2.45, 2.75) is 19.4 Å². The molecule has 2 N–H and O–H groups in total. The second-order valence-corrected chi connectivity index (χ2v) is 5.30. The largest absolute Gasteiger partial charge is 0.340 e. The summed E-state index contributed by atoms with van der Waals surface area (Å²) in [5, 5.41) is 0. The lowest BCUT2D eigenvalue weighted by molar-refractivity contribution is -0.133. The van der Waals surface area contributed by atoms with Gasteiger partial charge in [-0.25, -0.2) is 8.78 Å². The highest BCUT2D eigenvalue weighted by Crippen LogP contribution is 2.24. The first kappa shape index (κ1) is 15.9. The molecular formula is C15H21F2N3O. The molecule has 1 fully saturated rings. The first-order valence-corrected chi connectivity index (χ1v) is 7.19. The summed E-state index contributed by atoms with van der Waals surface area (Å²) >= 11 is 0. The first-order chi connectivity index (χ1) is 10.0. The summed E-state index contributed by atoms with van der Waals surface area (Å²) in [6.07, 6.45) is 0.363. The summed E-state index contributed by atoms with van der Waals surface area (Å²) in [7, 11) is 0. The molecular weight excluding hydrogens is 276 g/mol. The third kappa shape index (κ3) is 3.77. The Balaban J connectivity index is 1.97. The number of hydrogen-bond acceptors (Lipinski definition) is 3. The molecule has 0 radical (unpaired) electrons. The summed E-state index contributed by atoms with van der Waals surface area (Å²) in [6.45, 7) is 4.84. The predicted octanol–water partition coefficient (Wildman–Crippen LogP) is 1.52. The van der Waals surface area contributed by atoms with Gasteiger partial charge in [0.05, 0.1) is 0 Å². The fourth-order valence-electron chi connectivity index (χ4n) is 2.68. The standard InChI is InChI=1S/C15H21F2N3O/c1-11(13-3-2-12(16)10-14(13)17)19-6-8-20(9-7-19)15(21)4-5-18/h2-3,10-11H,4-9,18H2,1H3/t11-/m1/s1. The van der Waals surface area contributed by atoms with Crippen LogP contribution in [0.15, 0.2) is 18.2 Å². The lowest BCUT2D eigenvalue weighted by Crippen LogP contribution is -2.49. The van der Waals surface area contributed by atoms with Gasteiger partial charge in [0.1, 0.15) is 11.6 Å². The van der Waals surface area contributed by atoms with Crippen molar-refractivity contribution in [3.63, 3.8) is 0 Å². The van der Waals surface area contributed by atoms with Gasteiger partial charge in [0.15, 0.2) is 0 Å². The molecule has 0 saturated carbocycles. The van der Waals surface area contributed by atoms with E-state index in [4.69, 9.17) is 5.73 Å². The number of nitrogens with zero attached hydrogens (tertiary/aromatic N) is 2. The lowest BCUT2D eigenvalue weighted by Gasteiger charge is -2.38. The molecule has 4 nitrogen and oxygen atoms in total. The molecule has 0 aromatic heterocycles. The molecule has 116 valence electrons. The van der Waals surface area contributed by atoms with Crippen LogP contribution in [0.1, 0.15) is 24.9 Å². The van der Waals surface area contributed by atoms with Gasteiger partial charge in [-0.05, 0) is 13.0 Å². The fraction of sp³-hybridized carbons (Fsp3) is 0.533. The Kier molecular flexibility index (Phi) is 5.25. The maximum Gasteiger partial charge on any atom is 0.223 e. The van der Waals surface area contributed by atoms with E-state index in [1.165, 1.54) is 12.1 Å². The number of carbonyl (C=O) groups is 1. The van der Waals surface area contributed by atoms with E-state index in [1.807, 2.05) is 6.92 Å². The Morgan fingerprint density at radius 2 is 1.95 bits per heavy atom. The lowest BCUT2D eigenvalue weighted by atomic mass is 10.1. The number of hydrogen-bond donors (Lipinski definition) is 1. The minimum absolute atomic E-state index is 0.0674. The van der Waals surface area contributed by atoms with Crippen LogP contribution in [0, 0.1) is 11.6 Å². The smallest absolute Gasteiger partial charge is 0.223 e. The van der Waals surface area contributed by atoms with E-state index in [0.717, 1.165) is 6.07 Å². The van der Waals surface area contributed by atoms with Crippen molar-refractivity contribution in [1.82, 2.24) is 9.80 Å². The summed E-state index contributed by atoms with van der Waals surface area (Å²) < 4.78 is 26.8. The highest BCUT2D eigenvalue weighted by molar-refractivity contribution is 5.76. The second kappa shape index (κ2) is 6.95. The van der Waals surface area contributed by atoms with Crippen LogP contribution < -0.4 is 5.73 Å². The minimum Gasteiger partial charge on any atom is -0.340 e. The van der Waals surface area contributed by atoms with Gasteiger partial charge in [-0.3, -0.25) is 9.69 Å². The van der Waals surface area contributed by atoms with Crippen molar-refractivity contribution < 1.29 is 13.6 Å². The van der Waals surface area contributed by atoms with Crippen LogP contribution in [-0.2, 0) is 4.79 Å². The monoisotopic (exact) mass is 297 g/mol. The zero-order chi connectivity index (χ0) is 15.4. The molecule has 0 bridgehead atoms. The van der Waals surface area contributed by atoms with E-state index < -0.39 is 11.6 Å². The Morgan fingerprint density at radius 3 is 2.52 bits per heavy atom. The second-order valence-electron chi connectivity index (χ2n) is 5.30. The molecule has 21 heavy (non-hydrogen) atoms. The van der Waals surface area contributed by atoms with Gasteiger partial charge in [0.25, 0.3) is 0 Å². The average molecular weight is 297 g/mol. The van der Waals surface area contributed by atoms with Crippen molar-refractivity contribution in [2.24, 2.45) is 5.73 Å². The molecule has 1 saturated heterocycles. The molecule has 1 aliphatic heterocycles. The SMILES string of the molecule is C[C@H](c1ccc(F)cc1F)N1CCN(C(=O)CCN)CC1. The van der Waals surface area contributed by atoms with Crippen LogP contribution in [0.4, 0.5) is 8.78 Å². The Bertz CT molecular complexity index is 502. The molecule has 1 aliphatic rings. The first-order valence-electron chi connectivity index (χ1n) is 7.19. The van der Waals surface area contributed by atoms with Crippen LogP contribution in [0.2, 0.25) is 0 Å². The third-order valence-corrected chi connectivity index (χ3v) is 3.99. The van der Waals surface area contributed by atoms with Crippen LogP contribution in [0.25, 0.3) is 0 Å². The molecule has 6 heteroatoms. The van der Waals surface area contributed by atoms with Gasteiger partial charge in [-0.2, -0.15) is 0 Å². The molecule has 1 atom stereocenters. The van der Waals surface area contributed by atoms with Crippen molar-refractivity contribution in [1.29, 1.82) is 0 Å². The summed E-state index contributed by atoms with van der Waals surface area (Å²) in [5.74, 6) is -1.03. The molecule has 1 heterocycles. The van der Waals surface area contributed by atoms with Crippen LogP contribution in [0.5, 0.6) is 0 Å². The van der Waals surface area contributed by atoms with E-state index in [9.17, 15) is 13.6 Å². The number of piperazine rings is 1. The number of benzene rings is 1. The van der Waals surface area contributed by atoms with Gasteiger partial charge in [0.2, 0.25) is 5.91 Å². The number of carbonyl (C=O) groups excluding carboxylic acids is 1. The van der Waals surface area contributed by atoms with E-state index >= 15 is 0 Å². The van der Waals surface area contributed by atoms with E-state index in [2.05, 4.69) is 4.90 Å². The molecule has 0 unspecified atom stereocenters. The summed E-state index contributed by atoms with van der Waals surface area (Å²) in [6, 6.07) is 3.53. The maximum absolute atomic E-state index is 13.8. The van der Waals surface area contributed by atoms with E-state index in [-0.39, 0.29) is 11.9 Å². The van der Waals surface area contributed by atoms with Crippen molar-refractivity contribution in [3.05, 3.63) is 35.4 Å². The van der Waals surface area contributed by atoms with E-state index in [0.29, 0.717) is 44.7 Å². The topological polar surface area (TPSA) is 49.6 Å². The molecule has 0 spiro atoms. The molecule has 0 aliphatic carbocycles. The Labute approximate surface area is 123 Å². The van der Waals surface area contributed by atoms with E-state index in [1.54, 1.807) is 4.90 Å². The molecule has 1 amide bonds. The normalized spacial score (nSPS) is 17.8. The van der Waals surface area contributed by atoms with Crippen molar-refractivity contribution >= 4 is 5.91 Å². The van der Waals surface area contributed by atoms with Crippen molar-refractivity contribution in [3.8, 4) is 0 Å². The average Bonchev–Trinajstić information content (AvgIpc) is 2.47. The number of amides is 1. The minimum atomic E-state index is -0.569. The Hall–Kier alpha value is -1.53. The number of nitrogens with two attached hydrogens (primary N) is 1. The molecule has 1 aromatic carbocycles. The summed E-state index contributed by atoms with van der Waals surface area (Å²) in [4.78, 5) is 15.7. The summed E-state index contributed by atoms with van der Waals surface area (Å²) in [5.41, 5.74) is 5.87. The highest BCUT2D eigenvalue weighted by atomic mass is 19.1. The number of rotatable bonds is 4. The molecule has 1 aromatic rings. The fourth-order valence-corrected chi connectivity index (χ4v) is 2.68. The van der Waals surface area contributed by atoms with Gasteiger partial charge in [0, 0.05) is 56.8 Å². The Morgan fingerprint density at radius 1 is 1.29 bits per heavy atom. The zero-order valence-electron chi connectivity index (χ0n) is 12.2. The highest BCUT2D eigenvalue weighted by Gasteiger charge is 2.25. The van der Waals surface area contributed by atoms with Gasteiger partial charge in [-0.15, -0.1) is 0 Å². The quantitative estimate of drug-likeness (QED) is 0.916. The van der Waals surface area contributed by atoms with Gasteiger partial charge >= 0.3 is 0 Å². The van der Waals surface area contributed by atoms with Gasteiger partial charge < -0.3 is 10.6 Å². The van der Waals surface area contributed by atoms with Crippen LogP contribution >= 0.6 is 0 Å². The zero-order valence-corrected chi connectivity index (χ0v) is 12.2. The third-order valence-electron chi connectivity index (χ3n) is 3.99. The number of halogens is 2. The predicted molar refractivity (Wildman–Crippen MR) is 76.6 cm³/mol. The van der Waals surface area contributed by atoms with Crippen LogP contribution in [0.3, 0.4) is 0 Å².